The fraction of sp³-hybridized carbons (Fsp3) is 0.525. The van der Waals surface area contributed by atoms with E-state index in [2.05, 4.69) is 114 Å². The van der Waals surface area contributed by atoms with Crippen LogP contribution in [0.5, 0.6) is 5.75 Å². The summed E-state index contributed by atoms with van der Waals surface area (Å²) < 4.78 is 33.5. The Morgan fingerprint density at radius 3 is 1.98 bits per heavy atom. The summed E-state index contributed by atoms with van der Waals surface area (Å²) >= 11 is 0. The molecule has 3 aromatic rings. The zero-order chi connectivity index (χ0) is 34.4. The van der Waals surface area contributed by atoms with Gasteiger partial charge in [-0.3, -0.25) is 0 Å². The Kier molecular flexibility index (Phi) is 9.62. The average Bonchev–Trinajstić information content (AvgIpc) is 3.65. The summed E-state index contributed by atoms with van der Waals surface area (Å²) in [7, 11) is -3.29. The Morgan fingerprint density at radius 2 is 1.46 bits per heavy atom. The SMILES string of the molecule is COc1ccc(C2OC[C@@H]([C@H]3CC[C@@]4(C)[C@H](O[Si](c5ccccc5)(c5ccccc5)C(C)(C)C)CC[C@@]4(O[Si](C)(C)C)[C@@H]3C#N)O2)cc1. The van der Waals surface area contributed by atoms with Crippen molar-refractivity contribution in [2.75, 3.05) is 13.7 Å². The Bertz CT molecular complexity index is 1540. The van der Waals surface area contributed by atoms with Crippen molar-refractivity contribution >= 4 is 27.0 Å². The summed E-state index contributed by atoms with van der Waals surface area (Å²) in [6.45, 7) is 16.6. The molecule has 0 radical (unpaired) electrons. The van der Waals surface area contributed by atoms with E-state index in [1.807, 2.05) is 24.3 Å². The van der Waals surface area contributed by atoms with Crippen LogP contribution in [0.3, 0.4) is 0 Å². The number of rotatable bonds is 9. The number of methoxy groups -OCH3 is 1. The molecule has 6 rings (SSSR count). The lowest BCUT2D eigenvalue weighted by Gasteiger charge is -2.58. The summed E-state index contributed by atoms with van der Waals surface area (Å²) in [6.07, 6.45) is 2.69. The third kappa shape index (κ3) is 6.01. The highest BCUT2D eigenvalue weighted by molar-refractivity contribution is 6.99. The molecule has 0 bridgehead atoms. The molecule has 2 saturated carbocycles. The largest absolute Gasteiger partial charge is 0.497 e. The molecule has 48 heavy (non-hydrogen) atoms. The van der Waals surface area contributed by atoms with Crippen molar-refractivity contribution in [3.8, 4) is 11.8 Å². The molecule has 8 heteroatoms. The predicted octanol–water partition coefficient (Wildman–Crippen LogP) is 7.99. The van der Waals surface area contributed by atoms with Crippen LogP contribution >= 0.6 is 0 Å². The highest BCUT2D eigenvalue weighted by Crippen LogP contribution is 2.64. The highest BCUT2D eigenvalue weighted by atomic mass is 28.4. The van der Waals surface area contributed by atoms with Gasteiger partial charge in [0.25, 0.3) is 8.32 Å². The zero-order valence-electron chi connectivity index (χ0n) is 30.0. The lowest BCUT2D eigenvalue weighted by molar-refractivity contribution is -0.160. The first kappa shape index (κ1) is 35.1. The molecule has 256 valence electrons. The molecular formula is C40H53NO5Si2. The molecule has 1 saturated heterocycles. The Morgan fingerprint density at radius 1 is 0.854 bits per heavy atom. The number of fused-ring (bicyclic) bond motifs is 1. The van der Waals surface area contributed by atoms with Crippen LogP contribution in [0.1, 0.15) is 65.2 Å². The van der Waals surface area contributed by atoms with Crippen molar-refractivity contribution < 1.29 is 23.1 Å². The lowest BCUT2D eigenvalue weighted by Crippen LogP contribution is -2.70. The predicted molar refractivity (Wildman–Crippen MR) is 195 cm³/mol. The topological polar surface area (TPSA) is 69.9 Å². The molecule has 0 N–H and O–H groups in total. The molecule has 3 fully saturated rings. The first-order valence-electron chi connectivity index (χ1n) is 17.6. The summed E-state index contributed by atoms with van der Waals surface area (Å²) in [4.78, 5) is 0. The minimum absolute atomic E-state index is 0.00529. The molecule has 0 spiro atoms. The molecule has 0 aromatic heterocycles. The Hall–Kier alpha value is -2.78. The van der Waals surface area contributed by atoms with Gasteiger partial charge in [-0.15, -0.1) is 0 Å². The van der Waals surface area contributed by atoms with Crippen LogP contribution in [0.4, 0.5) is 0 Å². The second-order valence-electron chi connectivity index (χ2n) is 16.3. The van der Waals surface area contributed by atoms with Crippen LogP contribution in [-0.4, -0.2) is 48.2 Å². The van der Waals surface area contributed by atoms with Gasteiger partial charge in [0.2, 0.25) is 0 Å². The van der Waals surface area contributed by atoms with Crippen LogP contribution in [0.2, 0.25) is 24.7 Å². The number of ether oxygens (including phenoxy) is 3. The molecule has 1 aliphatic heterocycles. The quantitative estimate of drug-likeness (QED) is 0.213. The monoisotopic (exact) mass is 683 g/mol. The second-order valence-corrected chi connectivity index (χ2v) is 24.9. The van der Waals surface area contributed by atoms with E-state index in [0.717, 1.165) is 37.0 Å². The van der Waals surface area contributed by atoms with E-state index in [1.165, 1.54) is 10.4 Å². The van der Waals surface area contributed by atoms with Crippen LogP contribution < -0.4 is 15.1 Å². The van der Waals surface area contributed by atoms with Crippen molar-refractivity contribution in [1.29, 1.82) is 5.26 Å². The molecule has 0 amide bonds. The fourth-order valence-corrected chi connectivity index (χ4v) is 15.5. The van der Waals surface area contributed by atoms with E-state index in [9.17, 15) is 5.26 Å². The van der Waals surface area contributed by atoms with Crippen LogP contribution in [0.15, 0.2) is 84.9 Å². The fourth-order valence-electron chi connectivity index (χ4n) is 9.14. The molecule has 3 aromatic carbocycles. The van der Waals surface area contributed by atoms with E-state index in [4.69, 9.17) is 23.1 Å². The first-order chi connectivity index (χ1) is 22.8. The standard InChI is InChI=1S/C40H53NO5Si2/c1-38(2,3)48(31-15-11-9-12-16-31,32-17-13-10-14-18-32)45-36-24-26-40(46-47(6,7)8)34(27-41)33(23-25-39(36,40)4)35-28-43-37(44-35)29-19-21-30(42-5)22-20-29/h9-22,33-37H,23-26,28H2,1-8H3/t33-,34+,35-,36+,37?,39-,40+/m0/s1. The molecule has 1 heterocycles. The van der Waals surface area contributed by atoms with Crippen molar-refractivity contribution in [2.24, 2.45) is 17.3 Å². The van der Waals surface area contributed by atoms with Gasteiger partial charge in [0.1, 0.15) is 5.75 Å². The number of benzene rings is 3. The second kappa shape index (κ2) is 13.2. The van der Waals surface area contributed by atoms with E-state index >= 15 is 0 Å². The third-order valence-electron chi connectivity index (χ3n) is 11.3. The van der Waals surface area contributed by atoms with Gasteiger partial charge in [0.15, 0.2) is 14.6 Å². The maximum absolute atomic E-state index is 11.1. The van der Waals surface area contributed by atoms with Gasteiger partial charge in [0, 0.05) is 16.9 Å². The lowest BCUT2D eigenvalue weighted by atomic mass is 9.56. The van der Waals surface area contributed by atoms with Gasteiger partial charge in [-0.05, 0) is 72.9 Å². The Balaban J connectivity index is 1.38. The van der Waals surface area contributed by atoms with Crippen LogP contribution in [0, 0.1) is 28.6 Å². The number of nitrogens with zero attached hydrogens (tertiary/aromatic N) is 1. The number of hydrogen-bond donors (Lipinski definition) is 0. The van der Waals surface area contributed by atoms with Crippen molar-refractivity contribution in [3.63, 3.8) is 0 Å². The molecule has 2 aliphatic carbocycles. The van der Waals surface area contributed by atoms with Crippen molar-refractivity contribution in [3.05, 3.63) is 90.5 Å². The van der Waals surface area contributed by atoms with Gasteiger partial charge in [-0.1, -0.05) is 100 Å². The minimum atomic E-state index is -2.84. The third-order valence-corrected chi connectivity index (χ3v) is 17.3. The van der Waals surface area contributed by atoms with Crippen molar-refractivity contribution in [2.45, 2.75) is 102 Å². The average molecular weight is 684 g/mol. The summed E-state index contributed by atoms with van der Waals surface area (Å²) in [5.41, 5.74) is -0.0427. The summed E-state index contributed by atoms with van der Waals surface area (Å²) in [5, 5.41) is 13.5. The van der Waals surface area contributed by atoms with E-state index in [-0.39, 0.29) is 34.5 Å². The molecule has 3 aliphatic rings. The smallest absolute Gasteiger partial charge is 0.261 e. The Labute approximate surface area is 290 Å². The van der Waals surface area contributed by atoms with E-state index in [1.54, 1.807) is 7.11 Å². The molecule has 7 atom stereocenters. The maximum Gasteiger partial charge on any atom is 0.261 e. The summed E-state index contributed by atoms with van der Waals surface area (Å²) in [6, 6.07) is 32.5. The van der Waals surface area contributed by atoms with Crippen LogP contribution in [0.25, 0.3) is 0 Å². The number of hydrogen-bond acceptors (Lipinski definition) is 6. The molecule has 1 unspecified atom stereocenters. The molecule has 6 nitrogen and oxygen atoms in total. The highest BCUT2D eigenvalue weighted by Gasteiger charge is 2.69. The van der Waals surface area contributed by atoms with E-state index in [0.29, 0.717) is 6.61 Å². The van der Waals surface area contributed by atoms with Gasteiger partial charge < -0.3 is 23.1 Å². The summed E-state index contributed by atoms with van der Waals surface area (Å²) in [5.74, 6) is 0.444. The normalized spacial score (nSPS) is 30.9. The maximum atomic E-state index is 11.1. The van der Waals surface area contributed by atoms with Gasteiger partial charge in [0.05, 0.1) is 43.5 Å². The first-order valence-corrected chi connectivity index (χ1v) is 22.9. The number of nitriles is 1. The van der Waals surface area contributed by atoms with Crippen LogP contribution in [-0.2, 0) is 18.3 Å². The minimum Gasteiger partial charge on any atom is -0.497 e. The van der Waals surface area contributed by atoms with Gasteiger partial charge >= 0.3 is 0 Å². The van der Waals surface area contributed by atoms with Crippen molar-refractivity contribution in [1.82, 2.24) is 0 Å². The van der Waals surface area contributed by atoms with Gasteiger partial charge in [-0.2, -0.15) is 5.26 Å². The van der Waals surface area contributed by atoms with Gasteiger partial charge in [-0.25, -0.2) is 0 Å². The molecular weight excluding hydrogens is 631 g/mol. The zero-order valence-corrected chi connectivity index (χ0v) is 32.0. The van der Waals surface area contributed by atoms with E-state index < -0.39 is 28.5 Å².